The van der Waals surface area contributed by atoms with Crippen LogP contribution in [0.5, 0.6) is 0 Å². The lowest BCUT2D eigenvalue weighted by Crippen LogP contribution is -2.09. The van der Waals surface area contributed by atoms with Crippen molar-refractivity contribution in [1.29, 1.82) is 0 Å². The first-order chi connectivity index (χ1) is 11.5. The second-order valence-electron chi connectivity index (χ2n) is 5.16. The Bertz CT molecular complexity index is 926. The zero-order valence-electron chi connectivity index (χ0n) is 12.7. The predicted molar refractivity (Wildman–Crippen MR) is 86.5 cm³/mol. The Balaban J connectivity index is 1.80. The topological polar surface area (TPSA) is 95.2 Å². The van der Waals surface area contributed by atoms with E-state index in [1.165, 1.54) is 12.1 Å². The van der Waals surface area contributed by atoms with Crippen LogP contribution in [0.25, 0.3) is 11.0 Å². The van der Waals surface area contributed by atoms with Crippen LogP contribution in [0.1, 0.15) is 28.9 Å². The summed E-state index contributed by atoms with van der Waals surface area (Å²) in [5.74, 6) is -0.526. The van der Waals surface area contributed by atoms with Gasteiger partial charge < -0.3 is 4.74 Å². The summed E-state index contributed by atoms with van der Waals surface area (Å²) in [6, 6.07) is 10.9. The van der Waals surface area contributed by atoms with Crippen LogP contribution >= 0.6 is 0 Å². The third kappa shape index (κ3) is 3.19. The molecule has 0 unspecified atom stereocenters. The maximum Gasteiger partial charge on any atom is 0.338 e. The van der Waals surface area contributed by atoms with Crippen LogP contribution in [0.15, 0.2) is 54.9 Å². The second-order valence-corrected chi connectivity index (χ2v) is 5.16. The van der Waals surface area contributed by atoms with E-state index in [0.29, 0.717) is 22.2 Å². The minimum absolute atomic E-state index is 0.0450. The van der Waals surface area contributed by atoms with Gasteiger partial charge in [-0.05, 0) is 30.7 Å². The molecule has 0 fully saturated rings. The number of esters is 1. The Kier molecular flexibility index (Phi) is 4.15. The van der Waals surface area contributed by atoms with Gasteiger partial charge in [-0.2, -0.15) is 0 Å². The number of hydrogen-bond acceptors (Lipinski definition) is 6. The third-order valence-corrected chi connectivity index (χ3v) is 3.54. The molecule has 0 saturated carbocycles. The van der Waals surface area contributed by atoms with Crippen molar-refractivity contribution in [1.82, 2.24) is 9.97 Å². The molecule has 0 amide bonds. The Hall–Kier alpha value is -3.35. The highest BCUT2D eigenvalue weighted by Crippen LogP contribution is 2.23. The van der Waals surface area contributed by atoms with E-state index in [2.05, 4.69) is 9.97 Å². The molecular weight excluding hydrogens is 310 g/mol. The van der Waals surface area contributed by atoms with Gasteiger partial charge in [-0.1, -0.05) is 12.1 Å². The molecule has 2 aromatic carbocycles. The van der Waals surface area contributed by atoms with E-state index in [4.69, 9.17) is 4.74 Å². The van der Waals surface area contributed by atoms with Crippen LogP contribution in [0.2, 0.25) is 0 Å². The first kappa shape index (κ1) is 15.5. The number of carbonyl (C=O) groups is 1. The predicted octanol–water partition coefficient (Wildman–Crippen LogP) is 3.46. The summed E-state index contributed by atoms with van der Waals surface area (Å²) >= 11 is 0. The van der Waals surface area contributed by atoms with E-state index in [1.54, 1.807) is 49.6 Å². The van der Waals surface area contributed by atoms with Gasteiger partial charge in [-0.25, -0.2) is 4.79 Å². The highest BCUT2D eigenvalue weighted by Gasteiger charge is 2.16. The molecule has 1 aromatic heterocycles. The molecule has 24 heavy (non-hydrogen) atoms. The molecule has 3 aromatic rings. The quantitative estimate of drug-likeness (QED) is 0.414. The van der Waals surface area contributed by atoms with Crippen molar-refractivity contribution in [2.75, 3.05) is 0 Å². The van der Waals surface area contributed by atoms with E-state index in [-0.39, 0.29) is 5.69 Å². The number of non-ortho nitro benzene ring substituents is 1. The molecule has 0 spiro atoms. The minimum Gasteiger partial charge on any atom is -0.454 e. The van der Waals surface area contributed by atoms with Crippen molar-refractivity contribution in [3.05, 3.63) is 76.1 Å². The van der Waals surface area contributed by atoms with Crippen molar-refractivity contribution in [2.24, 2.45) is 0 Å². The number of hydrogen-bond donors (Lipinski definition) is 0. The van der Waals surface area contributed by atoms with Crippen molar-refractivity contribution in [3.8, 4) is 0 Å². The van der Waals surface area contributed by atoms with Crippen molar-refractivity contribution >= 4 is 22.7 Å². The van der Waals surface area contributed by atoms with E-state index < -0.39 is 17.0 Å². The highest BCUT2D eigenvalue weighted by molar-refractivity contribution is 5.93. The van der Waals surface area contributed by atoms with Gasteiger partial charge >= 0.3 is 5.97 Å². The molecule has 0 radical (unpaired) electrons. The van der Waals surface area contributed by atoms with E-state index in [1.807, 2.05) is 0 Å². The van der Waals surface area contributed by atoms with Crippen molar-refractivity contribution in [2.45, 2.75) is 13.0 Å². The maximum absolute atomic E-state index is 12.3. The lowest BCUT2D eigenvalue weighted by molar-refractivity contribution is -0.385. The summed E-state index contributed by atoms with van der Waals surface area (Å²) in [4.78, 5) is 30.9. The molecule has 7 nitrogen and oxygen atoms in total. The second kappa shape index (κ2) is 6.41. The zero-order valence-corrected chi connectivity index (χ0v) is 12.7. The number of nitro benzene ring substituents is 1. The minimum atomic E-state index is -0.616. The number of nitrogens with zero attached hydrogens (tertiary/aromatic N) is 3. The molecule has 0 aliphatic heterocycles. The van der Waals surface area contributed by atoms with E-state index >= 15 is 0 Å². The van der Waals surface area contributed by atoms with Gasteiger partial charge in [0.05, 0.1) is 21.5 Å². The van der Waals surface area contributed by atoms with Crippen LogP contribution in [-0.2, 0) is 4.74 Å². The fourth-order valence-electron chi connectivity index (χ4n) is 2.28. The zero-order chi connectivity index (χ0) is 17.1. The van der Waals surface area contributed by atoms with Gasteiger partial charge in [0.25, 0.3) is 5.69 Å². The molecule has 120 valence electrons. The number of nitro groups is 1. The lowest BCUT2D eigenvalue weighted by Gasteiger charge is -2.13. The van der Waals surface area contributed by atoms with Gasteiger partial charge in [0.15, 0.2) is 0 Å². The maximum atomic E-state index is 12.3. The van der Waals surface area contributed by atoms with Gasteiger partial charge in [-0.15, -0.1) is 0 Å². The fourth-order valence-corrected chi connectivity index (χ4v) is 2.28. The van der Waals surface area contributed by atoms with Crippen LogP contribution in [-0.4, -0.2) is 20.9 Å². The molecule has 0 N–H and O–H groups in total. The molecule has 0 aliphatic rings. The fraction of sp³-hybridized carbons (Fsp3) is 0.118. The molecule has 1 heterocycles. The number of aromatic nitrogens is 2. The van der Waals surface area contributed by atoms with Crippen molar-refractivity contribution in [3.63, 3.8) is 0 Å². The molecule has 0 aliphatic carbocycles. The Labute approximate surface area is 137 Å². The summed E-state index contributed by atoms with van der Waals surface area (Å²) < 4.78 is 5.40. The van der Waals surface area contributed by atoms with Gasteiger partial charge in [0.1, 0.15) is 6.10 Å². The normalized spacial score (nSPS) is 11.9. The number of ether oxygens (including phenoxy) is 1. The van der Waals surface area contributed by atoms with Crippen LogP contribution < -0.4 is 0 Å². The summed E-state index contributed by atoms with van der Waals surface area (Å²) in [6.07, 6.45) is 2.50. The molecular formula is C17H13N3O4. The average molecular weight is 323 g/mol. The molecule has 3 rings (SSSR count). The number of benzene rings is 2. The van der Waals surface area contributed by atoms with E-state index in [0.717, 1.165) is 0 Å². The number of rotatable bonds is 4. The van der Waals surface area contributed by atoms with Crippen LogP contribution in [0, 0.1) is 10.1 Å². The van der Waals surface area contributed by atoms with Gasteiger partial charge in [0, 0.05) is 24.5 Å². The standard InChI is InChI=1S/C17H13N3O4/c1-11(12-3-2-4-14(9-12)20(22)23)24-17(21)13-5-6-15-16(10-13)19-8-7-18-15/h2-11H,1H3/t11-/m1/s1. The van der Waals surface area contributed by atoms with E-state index in [9.17, 15) is 14.9 Å². The van der Waals surface area contributed by atoms with Crippen LogP contribution in [0.3, 0.4) is 0 Å². The molecule has 1 atom stereocenters. The Morgan fingerprint density at radius 2 is 1.88 bits per heavy atom. The summed E-state index contributed by atoms with van der Waals surface area (Å²) in [5, 5.41) is 10.8. The summed E-state index contributed by atoms with van der Waals surface area (Å²) in [5.41, 5.74) is 2.13. The number of carbonyl (C=O) groups excluding carboxylic acids is 1. The average Bonchev–Trinajstić information content (AvgIpc) is 2.61. The monoisotopic (exact) mass is 323 g/mol. The molecule has 7 heteroatoms. The Morgan fingerprint density at radius 1 is 1.12 bits per heavy atom. The smallest absolute Gasteiger partial charge is 0.338 e. The van der Waals surface area contributed by atoms with Gasteiger partial charge in [0.2, 0.25) is 0 Å². The SMILES string of the molecule is C[C@@H](OC(=O)c1ccc2nccnc2c1)c1cccc([N+](=O)[O-])c1. The third-order valence-electron chi connectivity index (χ3n) is 3.54. The lowest BCUT2D eigenvalue weighted by atomic mass is 10.1. The Morgan fingerprint density at radius 3 is 2.62 bits per heavy atom. The number of fused-ring (bicyclic) bond motifs is 1. The molecule has 0 saturated heterocycles. The molecule has 0 bridgehead atoms. The summed E-state index contributed by atoms with van der Waals surface area (Å²) in [7, 11) is 0. The highest BCUT2D eigenvalue weighted by atomic mass is 16.6. The van der Waals surface area contributed by atoms with Crippen molar-refractivity contribution < 1.29 is 14.5 Å². The summed E-state index contributed by atoms with van der Waals surface area (Å²) in [6.45, 7) is 1.66. The van der Waals surface area contributed by atoms with Crippen LogP contribution in [0.4, 0.5) is 5.69 Å². The first-order valence-corrected chi connectivity index (χ1v) is 7.21. The van der Waals surface area contributed by atoms with Gasteiger partial charge in [-0.3, -0.25) is 20.1 Å². The largest absolute Gasteiger partial charge is 0.454 e. The first-order valence-electron chi connectivity index (χ1n) is 7.21.